The van der Waals surface area contributed by atoms with Crippen LogP contribution in [0.1, 0.15) is 0 Å². The maximum atomic E-state index is 14.5. The van der Waals surface area contributed by atoms with Crippen molar-refractivity contribution < 1.29 is 32.7 Å². The van der Waals surface area contributed by atoms with E-state index < -0.39 is 30.0 Å². The van der Waals surface area contributed by atoms with E-state index in [2.05, 4.69) is 14.7 Å². The molecule has 0 aliphatic carbocycles. The van der Waals surface area contributed by atoms with Crippen LogP contribution in [-0.4, -0.2) is 69.9 Å². The molecule has 27 heavy (non-hydrogen) atoms. The number of ether oxygens (including phenoxy) is 2. The predicted molar refractivity (Wildman–Crippen MR) is 90.8 cm³/mol. The van der Waals surface area contributed by atoms with Crippen molar-refractivity contribution in [2.75, 3.05) is 50.7 Å². The summed E-state index contributed by atoms with van der Waals surface area (Å²) < 4.78 is 38.6. The Balaban J connectivity index is 1.77. The standard InChI is InChI=1S/C16H18F2N4O5/c1-20(15(23)25-2)13-8-22(16(24)27-13)10-4-11(17)14(12(18)5-10)21-6-9(7-21)19-26-3/h4-5,13H,6-8H2,1-3H3/t13-/m0/s1. The van der Waals surface area contributed by atoms with Crippen molar-refractivity contribution in [3.8, 4) is 0 Å². The van der Waals surface area contributed by atoms with Gasteiger partial charge in [0.15, 0.2) is 17.9 Å². The smallest absolute Gasteiger partial charge is 0.416 e. The number of hydrogen-bond donors (Lipinski definition) is 0. The van der Waals surface area contributed by atoms with Crippen molar-refractivity contribution in [3.05, 3.63) is 23.8 Å². The molecule has 2 amide bonds. The Morgan fingerprint density at radius 3 is 2.48 bits per heavy atom. The van der Waals surface area contributed by atoms with Gasteiger partial charge in [-0.25, -0.2) is 18.4 Å². The summed E-state index contributed by atoms with van der Waals surface area (Å²) in [5, 5.41) is 3.72. The van der Waals surface area contributed by atoms with Gasteiger partial charge >= 0.3 is 12.2 Å². The fourth-order valence-corrected chi connectivity index (χ4v) is 2.87. The lowest BCUT2D eigenvalue weighted by Gasteiger charge is -2.34. The zero-order valence-corrected chi connectivity index (χ0v) is 14.9. The molecule has 0 N–H and O–H groups in total. The lowest BCUT2D eigenvalue weighted by atomic mass is 10.1. The van der Waals surface area contributed by atoms with Crippen LogP contribution in [0.15, 0.2) is 17.3 Å². The summed E-state index contributed by atoms with van der Waals surface area (Å²) >= 11 is 0. The lowest BCUT2D eigenvalue weighted by molar-refractivity contribution is 0.0343. The highest BCUT2D eigenvalue weighted by atomic mass is 19.1. The molecule has 2 fully saturated rings. The number of nitrogens with zero attached hydrogens (tertiary/aromatic N) is 4. The fraction of sp³-hybridized carbons (Fsp3) is 0.438. The van der Waals surface area contributed by atoms with Gasteiger partial charge in [-0.15, -0.1) is 0 Å². The molecule has 1 atom stereocenters. The number of oxime groups is 1. The van der Waals surface area contributed by atoms with E-state index in [0.29, 0.717) is 5.71 Å². The third-order valence-corrected chi connectivity index (χ3v) is 4.29. The van der Waals surface area contributed by atoms with Crippen molar-refractivity contribution >= 4 is 29.3 Å². The highest BCUT2D eigenvalue weighted by Gasteiger charge is 2.38. The minimum Gasteiger partial charge on any atom is -0.453 e. The topological polar surface area (TPSA) is 83.9 Å². The van der Waals surface area contributed by atoms with Gasteiger partial charge in [-0.3, -0.25) is 9.80 Å². The van der Waals surface area contributed by atoms with Crippen molar-refractivity contribution in [2.24, 2.45) is 5.16 Å². The number of methoxy groups -OCH3 is 1. The minimum absolute atomic E-state index is 0.00850. The number of benzene rings is 1. The van der Waals surface area contributed by atoms with Gasteiger partial charge in [-0.05, 0) is 0 Å². The summed E-state index contributed by atoms with van der Waals surface area (Å²) in [6.07, 6.45) is -2.45. The quantitative estimate of drug-likeness (QED) is 0.736. The van der Waals surface area contributed by atoms with Crippen LogP contribution in [0.2, 0.25) is 0 Å². The number of amides is 2. The van der Waals surface area contributed by atoms with Crippen molar-refractivity contribution in [3.63, 3.8) is 0 Å². The molecule has 2 saturated heterocycles. The van der Waals surface area contributed by atoms with E-state index in [1.165, 1.54) is 26.2 Å². The van der Waals surface area contributed by atoms with Crippen LogP contribution >= 0.6 is 0 Å². The third kappa shape index (κ3) is 3.44. The Bertz CT molecular complexity index is 772. The first-order valence-electron chi connectivity index (χ1n) is 7.97. The van der Waals surface area contributed by atoms with Gasteiger partial charge in [0.2, 0.25) is 0 Å². The first-order valence-corrected chi connectivity index (χ1v) is 7.97. The summed E-state index contributed by atoms with van der Waals surface area (Å²) in [7, 11) is 3.97. The second kappa shape index (κ2) is 7.25. The molecule has 1 aromatic rings. The van der Waals surface area contributed by atoms with Crippen LogP contribution in [0.5, 0.6) is 0 Å². The monoisotopic (exact) mass is 384 g/mol. The maximum absolute atomic E-state index is 14.5. The van der Waals surface area contributed by atoms with E-state index in [1.807, 2.05) is 0 Å². The summed E-state index contributed by atoms with van der Waals surface area (Å²) in [4.78, 5) is 31.8. The molecule has 0 radical (unpaired) electrons. The first-order chi connectivity index (χ1) is 12.8. The van der Waals surface area contributed by atoms with E-state index in [4.69, 9.17) is 4.74 Å². The van der Waals surface area contributed by atoms with Gasteiger partial charge in [0.25, 0.3) is 0 Å². The number of carbonyl (C=O) groups is 2. The molecule has 1 aromatic carbocycles. The van der Waals surface area contributed by atoms with Gasteiger partial charge in [-0.1, -0.05) is 5.16 Å². The molecular weight excluding hydrogens is 366 g/mol. The molecule has 11 heteroatoms. The number of carbonyl (C=O) groups excluding carboxylic acids is 2. The summed E-state index contributed by atoms with van der Waals surface area (Å²) in [5.41, 5.74) is 0.451. The van der Waals surface area contributed by atoms with Crippen molar-refractivity contribution in [2.45, 2.75) is 6.23 Å². The predicted octanol–water partition coefficient (Wildman–Crippen LogP) is 1.77. The normalized spacial score (nSPS) is 18.8. The van der Waals surface area contributed by atoms with Gasteiger partial charge in [-0.2, -0.15) is 0 Å². The number of likely N-dealkylation sites (N-methyl/N-ethyl adjacent to an activating group) is 1. The Morgan fingerprint density at radius 1 is 1.30 bits per heavy atom. The zero-order chi connectivity index (χ0) is 19.7. The second-order valence-electron chi connectivity index (χ2n) is 5.98. The summed E-state index contributed by atoms with van der Waals surface area (Å²) in [6.45, 7) is 0.411. The molecule has 2 heterocycles. The molecule has 2 aliphatic rings. The van der Waals surface area contributed by atoms with E-state index in [9.17, 15) is 18.4 Å². The Kier molecular flexibility index (Phi) is 5.02. The van der Waals surface area contributed by atoms with Gasteiger partial charge in [0.1, 0.15) is 12.8 Å². The van der Waals surface area contributed by atoms with Crippen LogP contribution in [0.4, 0.5) is 29.7 Å². The molecule has 0 spiro atoms. The molecule has 0 saturated carbocycles. The van der Waals surface area contributed by atoms with E-state index in [0.717, 1.165) is 21.9 Å². The lowest BCUT2D eigenvalue weighted by Crippen LogP contribution is -2.48. The maximum Gasteiger partial charge on any atom is 0.416 e. The van der Waals surface area contributed by atoms with Crippen LogP contribution in [0, 0.1) is 11.6 Å². The number of halogens is 2. The number of cyclic esters (lactones) is 1. The summed E-state index contributed by atoms with van der Waals surface area (Å²) in [6, 6.07) is 2.09. The van der Waals surface area contributed by atoms with Crippen molar-refractivity contribution in [1.29, 1.82) is 0 Å². The molecule has 0 bridgehead atoms. The molecule has 0 unspecified atom stereocenters. The molecular formula is C16H18F2N4O5. The fourth-order valence-electron chi connectivity index (χ4n) is 2.87. The molecule has 9 nitrogen and oxygen atoms in total. The Morgan fingerprint density at radius 2 is 1.93 bits per heavy atom. The minimum atomic E-state index is -0.932. The van der Waals surface area contributed by atoms with E-state index >= 15 is 0 Å². The van der Waals surface area contributed by atoms with Crippen LogP contribution in [0.25, 0.3) is 0 Å². The van der Waals surface area contributed by atoms with Crippen LogP contribution < -0.4 is 9.80 Å². The summed E-state index contributed by atoms with van der Waals surface area (Å²) in [5.74, 6) is -1.64. The number of rotatable bonds is 4. The van der Waals surface area contributed by atoms with Gasteiger partial charge in [0, 0.05) is 19.2 Å². The average molecular weight is 384 g/mol. The second-order valence-corrected chi connectivity index (χ2v) is 5.98. The molecule has 3 rings (SSSR count). The highest BCUT2D eigenvalue weighted by molar-refractivity contribution is 5.99. The third-order valence-electron chi connectivity index (χ3n) is 4.29. The SMILES string of the molecule is CON=C1CN(c2c(F)cc(N3C[C@@H](N(C)C(=O)OC)OC3=O)cc2F)C1. The number of hydrogen-bond acceptors (Lipinski definition) is 7. The Labute approximate surface area is 153 Å². The molecule has 2 aliphatic heterocycles. The largest absolute Gasteiger partial charge is 0.453 e. The molecule has 0 aromatic heterocycles. The van der Waals surface area contributed by atoms with E-state index in [1.54, 1.807) is 0 Å². The average Bonchev–Trinajstić information content (AvgIpc) is 2.99. The van der Waals surface area contributed by atoms with Crippen LogP contribution in [-0.2, 0) is 14.3 Å². The molecule has 146 valence electrons. The van der Waals surface area contributed by atoms with Gasteiger partial charge in [0.05, 0.1) is 38.1 Å². The highest BCUT2D eigenvalue weighted by Crippen LogP contribution is 2.32. The Hall–Kier alpha value is -3.11. The first kappa shape index (κ1) is 18.7. The van der Waals surface area contributed by atoms with E-state index in [-0.39, 0.29) is 31.0 Å². The van der Waals surface area contributed by atoms with Crippen molar-refractivity contribution in [1.82, 2.24) is 4.90 Å². The zero-order valence-electron chi connectivity index (χ0n) is 14.9. The van der Waals surface area contributed by atoms with Gasteiger partial charge < -0.3 is 19.2 Å². The number of anilines is 2. The van der Waals surface area contributed by atoms with Crippen LogP contribution in [0.3, 0.4) is 0 Å².